The third-order valence-corrected chi connectivity index (χ3v) is 5.96. The molecule has 24 heavy (non-hydrogen) atoms. The molecule has 0 saturated carbocycles. The van der Waals surface area contributed by atoms with Crippen molar-refractivity contribution in [1.82, 2.24) is 0 Å². The van der Waals surface area contributed by atoms with Crippen LogP contribution in [0.1, 0.15) is 19.3 Å². The molecule has 0 aliphatic carbocycles. The molecule has 4 nitrogen and oxygen atoms in total. The highest BCUT2D eigenvalue weighted by atomic mass is 35.5. The number of methoxy groups -OCH3 is 1. The van der Waals surface area contributed by atoms with Crippen molar-refractivity contribution in [1.29, 1.82) is 0 Å². The van der Waals surface area contributed by atoms with E-state index in [2.05, 4.69) is 4.74 Å². The van der Waals surface area contributed by atoms with Gasteiger partial charge in [0, 0.05) is 19.3 Å². The van der Waals surface area contributed by atoms with Gasteiger partial charge in [-0.15, -0.1) is 0 Å². The monoisotopic (exact) mass is 414 g/mol. The molecule has 0 aliphatic rings. The summed E-state index contributed by atoms with van der Waals surface area (Å²) >= 11 is 5.34. The largest absolute Gasteiger partial charge is 0.467 e. The van der Waals surface area contributed by atoms with Crippen molar-refractivity contribution in [2.45, 2.75) is 41.7 Å². The summed E-state index contributed by atoms with van der Waals surface area (Å²) in [5.41, 5.74) is 0. The predicted molar refractivity (Wildman–Crippen MR) is 65.3 cm³/mol. The first-order valence-electron chi connectivity index (χ1n) is 5.90. The number of halogens is 9. The van der Waals surface area contributed by atoms with Gasteiger partial charge in [-0.2, -0.15) is 35.1 Å². The zero-order valence-corrected chi connectivity index (χ0v) is 13.3. The fourth-order valence-electron chi connectivity index (χ4n) is 1.41. The molecule has 0 aromatic carbocycles. The summed E-state index contributed by atoms with van der Waals surface area (Å²) < 4.78 is 122. The van der Waals surface area contributed by atoms with E-state index in [-0.39, 0.29) is 0 Å². The van der Waals surface area contributed by atoms with Crippen LogP contribution < -0.4 is 0 Å². The van der Waals surface area contributed by atoms with Crippen LogP contribution in [-0.2, 0) is 19.4 Å². The summed E-state index contributed by atoms with van der Waals surface area (Å²) in [4.78, 5) is 11.4. The molecule has 1 atom stereocenters. The summed E-state index contributed by atoms with van der Waals surface area (Å²) in [5, 5.41) is 0. The first-order valence-corrected chi connectivity index (χ1v) is 7.93. The van der Waals surface area contributed by atoms with Crippen LogP contribution in [-0.4, -0.2) is 49.7 Å². The lowest BCUT2D eigenvalue weighted by Crippen LogP contribution is -2.46. The lowest BCUT2D eigenvalue weighted by molar-refractivity contribution is -0.282. The number of rotatable bonds is 7. The Hall–Kier alpha value is -0.850. The number of hydrogen-bond donors (Lipinski definition) is 0. The van der Waals surface area contributed by atoms with Crippen LogP contribution in [0.2, 0.25) is 0 Å². The predicted octanol–water partition coefficient (Wildman–Crippen LogP) is 3.44. The second-order valence-corrected chi connectivity index (χ2v) is 7.81. The summed E-state index contributed by atoms with van der Waals surface area (Å²) in [6.07, 6.45) is -16.9. The Balaban J connectivity index is 5.51. The lowest BCUT2D eigenvalue weighted by Gasteiger charge is -2.26. The molecule has 0 saturated heterocycles. The molecule has 0 fully saturated rings. The number of ether oxygens (including phenoxy) is 1. The molecule has 0 bridgehead atoms. The standard InChI is InChI=1S/C10H11ClF8O4S/c1-23-6(20)7(11,2-3-9(14,15)16)24(21,22)5-4-8(12,13)10(17,18)19/h2-5H2,1H3. The van der Waals surface area contributed by atoms with Crippen molar-refractivity contribution in [3.63, 3.8) is 0 Å². The first kappa shape index (κ1) is 23.1. The Morgan fingerprint density at radius 1 is 0.958 bits per heavy atom. The van der Waals surface area contributed by atoms with Crippen molar-refractivity contribution in [3.05, 3.63) is 0 Å². The first-order chi connectivity index (χ1) is 10.4. The van der Waals surface area contributed by atoms with Crippen molar-refractivity contribution < 1.29 is 53.1 Å². The molecule has 1 unspecified atom stereocenters. The quantitative estimate of drug-likeness (QED) is 0.364. The molecule has 0 rings (SSSR count). The van der Waals surface area contributed by atoms with Gasteiger partial charge in [-0.3, -0.25) is 0 Å². The summed E-state index contributed by atoms with van der Waals surface area (Å²) in [6.45, 7) is 0. The van der Waals surface area contributed by atoms with Gasteiger partial charge in [0.25, 0.3) is 0 Å². The van der Waals surface area contributed by atoms with Crippen molar-refractivity contribution in [2.75, 3.05) is 12.9 Å². The number of hydrogen-bond acceptors (Lipinski definition) is 4. The molecule has 14 heteroatoms. The lowest BCUT2D eigenvalue weighted by atomic mass is 10.2. The number of carbonyl (C=O) groups excluding carboxylic acids is 1. The van der Waals surface area contributed by atoms with E-state index in [0.29, 0.717) is 7.11 Å². The second kappa shape index (κ2) is 7.18. The topological polar surface area (TPSA) is 60.4 Å². The maximum atomic E-state index is 12.8. The van der Waals surface area contributed by atoms with E-state index in [0.717, 1.165) is 0 Å². The van der Waals surface area contributed by atoms with Crippen molar-refractivity contribution in [3.8, 4) is 0 Å². The van der Waals surface area contributed by atoms with E-state index in [1.54, 1.807) is 0 Å². The molecule has 0 aromatic rings. The van der Waals surface area contributed by atoms with Crippen LogP contribution >= 0.6 is 11.6 Å². The molecular weight excluding hydrogens is 404 g/mol. The van der Waals surface area contributed by atoms with Crippen LogP contribution in [0, 0.1) is 0 Å². The van der Waals surface area contributed by atoms with E-state index in [1.807, 2.05) is 0 Å². The minimum Gasteiger partial charge on any atom is -0.467 e. The van der Waals surface area contributed by atoms with E-state index >= 15 is 0 Å². The third-order valence-electron chi connectivity index (χ3n) is 2.81. The number of carbonyl (C=O) groups is 1. The van der Waals surface area contributed by atoms with E-state index in [9.17, 15) is 48.3 Å². The number of esters is 1. The second-order valence-electron chi connectivity index (χ2n) is 4.61. The fraction of sp³-hybridized carbons (Fsp3) is 0.900. The molecule has 0 aliphatic heterocycles. The molecule has 0 spiro atoms. The third kappa shape index (κ3) is 5.60. The maximum absolute atomic E-state index is 12.8. The summed E-state index contributed by atoms with van der Waals surface area (Å²) in [6, 6.07) is 0. The van der Waals surface area contributed by atoms with Crippen molar-refractivity contribution in [2.24, 2.45) is 0 Å². The minimum absolute atomic E-state index is 0.562. The fourth-order valence-corrected chi connectivity index (χ4v) is 3.41. The van der Waals surface area contributed by atoms with Gasteiger partial charge in [0.05, 0.1) is 12.9 Å². The minimum atomic E-state index is -6.07. The molecule has 0 N–H and O–H groups in total. The number of alkyl halides is 9. The molecule has 0 aromatic heterocycles. The Kier molecular flexibility index (Phi) is 6.92. The highest BCUT2D eigenvalue weighted by Crippen LogP contribution is 2.41. The van der Waals surface area contributed by atoms with Gasteiger partial charge in [-0.1, -0.05) is 11.6 Å². The zero-order chi connectivity index (χ0) is 19.6. The normalized spacial score (nSPS) is 16.6. The Morgan fingerprint density at radius 3 is 1.75 bits per heavy atom. The molecule has 0 amide bonds. The van der Waals surface area contributed by atoms with E-state index in [4.69, 9.17) is 11.6 Å². The van der Waals surface area contributed by atoms with Gasteiger partial charge in [-0.25, -0.2) is 13.2 Å². The van der Waals surface area contributed by atoms with Crippen molar-refractivity contribution >= 4 is 27.4 Å². The highest BCUT2D eigenvalue weighted by molar-refractivity contribution is 7.95. The van der Waals surface area contributed by atoms with Gasteiger partial charge in [0.15, 0.2) is 9.84 Å². The van der Waals surface area contributed by atoms with Crippen LogP contribution in [0.4, 0.5) is 35.1 Å². The van der Waals surface area contributed by atoms with E-state index < -0.39 is 63.3 Å². The van der Waals surface area contributed by atoms with Crippen LogP contribution in [0.25, 0.3) is 0 Å². The highest BCUT2D eigenvalue weighted by Gasteiger charge is 2.59. The molecular formula is C10H11ClF8O4S. The average molecular weight is 415 g/mol. The van der Waals surface area contributed by atoms with Crippen LogP contribution in [0.5, 0.6) is 0 Å². The zero-order valence-electron chi connectivity index (χ0n) is 11.8. The smallest absolute Gasteiger partial charge is 0.453 e. The van der Waals surface area contributed by atoms with Gasteiger partial charge >= 0.3 is 24.2 Å². The van der Waals surface area contributed by atoms with E-state index in [1.165, 1.54) is 0 Å². The Bertz CT molecular complexity index is 556. The van der Waals surface area contributed by atoms with Gasteiger partial charge in [-0.05, 0) is 0 Å². The Morgan fingerprint density at radius 2 is 1.42 bits per heavy atom. The molecule has 144 valence electrons. The number of sulfone groups is 1. The van der Waals surface area contributed by atoms with Gasteiger partial charge < -0.3 is 4.74 Å². The average Bonchev–Trinajstić information content (AvgIpc) is 2.39. The molecule has 0 radical (unpaired) electrons. The summed E-state index contributed by atoms with van der Waals surface area (Å²) in [7, 11) is -4.78. The summed E-state index contributed by atoms with van der Waals surface area (Å²) in [5.74, 6) is -9.32. The van der Waals surface area contributed by atoms with Gasteiger partial charge in [0.2, 0.25) is 4.21 Å². The van der Waals surface area contributed by atoms with Gasteiger partial charge in [0.1, 0.15) is 0 Å². The van der Waals surface area contributed by atoms with Crippen LogP contribution in [0.3, 0.4) is 0 Å². The Labute approximate surface area is 136 Å². The SMILES string of the molecule is COC(=O)C(Cl)(CCC(F)(F)F)S(=O)(=O)CCC(F)(F)C(F)(F)F. The maximum Gasteiger partial charge on any atom is 0.453 e. The molecule has 0 heterocycles. The van der Waals surface area contributed by atoms with Crippen LogP contribution in [0.15, 0.2) is 0 Å².